The third-order valence-electron chi connectivity index (χ3n) is 3.25. The van der Waals surface area contributed by atoms with Gasteiger partial charge in [-0.3, -0.25) is 10.1 Å². The predicted molar refractivity (Wildman–Crippen MR) is 103 cm³/mol. The molecule has 0 bridgehead atoms. The minimum Gasteiger partial charge on any atom is -0.491 e. The Balaban J connectivity index is 1.79. The van der Waals surface area contributed by atoms with Crippen molar-refractivity contribution in [3.8, 4) is 5.75 Å². The Morgan fingerprint density at radius 3 is 1.46 bits per heavy atom. The Labute approximate surface area is 169 Å². The molecule has 1 aromatic rings. The smallest absolute Gasteiger partial charge is 0.269 e. The molecule has 1 rings (SSSR count). The zero-order chi connectivity index (χ0) is 20.3. The van der Waals surface area contributed by atoms with Gasteiger partial charge < -0.3 is 28.4 Å². The SMILES string of the molecule is O=[N+]([O-])c1ccc(OCCOCCOCCOCCOCCOCCCl)cc1. The Morgan fingerprint density at radius 2 is 1.07 bits per heavy atom. The summed E-state index contributed by atoms with van der Waals surface area (Å²) in [6.07, 6.45) is 0. The lowest BCUT2D eigenvalue weighted by molar-refractivity contribution is -0.384. The Morgan fingerprint density at radius 1 is 0.679 bits per heavy atom. The highest BCUT2D eigenvalue weighted by atomic mass is 35.5. The Hall–Kier alpha value is -1.49. The number of rotatable bonds is 19. The summed E-state index contributed by atoms with van der Waals surface area (Å²) in [5.74, 6) is 1.05. The number of non-ortho nitro benzene ring substituents is 1. The number of nitro benzene ring substituents is 1. The van der Waals surface area contributed by atoms with E-state index in [-0.39, 0.29) is 5.69 Å². The monoisotopic (exact) mass is 421 g/mol. The number of nitro groups is 1. The largest absolute Gasteiger partial charge is 0.491 e. The number of hydrogen-bond acceptors (Lipinski definition) is 8. The first kappa shape index (κ1) is 24.5. The molecule has 0 saturated heterocycles. The third-order valence-corrected chi connectivity index (χ3v) is 3.41. The maximum absolute atomic E-state index is 10.6. The van der Waals surface area contributed by atoms with Crippen molar-refractivity contribution in [2.24, 2.45) is 0 Å². The summed E-state index contributed by atoms with van der Waals surface area (Å²) < 4.78 is 32.0. The molecule has 28 heavy (non-hydrogen) atoms. The van der Waals surface area contributed by atoms with Gasteiger partial charge in [-0.2, -0.15) is 0 Å². The van der Waals surface area contributed by atoms with Crippen molar-refractivity contribution in [1.29, 1.82) is 0 Å². The first-order chi connectivity index (χ1) is 13.7. The highest BCUT2D eigenvalue weighted by Gasteiger charge is 2.04. The molecule has 0 heterocycles. The number of halogens is 1. The van der Waals surface area contributed by atoms with Crippen molar-refractivity contribution in [3.63, 3.8) is 0 Å². The van der Waals surface area contributed by atoms with E-state index >= 15 is 0 Å². The highest BCUT2D eigenvalue weighted by molar-refractivity contribution is 6.17. The zero-order valence-corrected chi connectivity index (χ0v) is 16.6. The van der Waals surface area contributed by atoms with Crippen molar-refractivity contribution in [3.05, 3.63) is 34.4 Å². The fourth-order valence-corrected chi connectivity index (χ4v) is 2.03. The molecule has 0 atom stereocenters. The van der Waals surface area contributed by atoms with Crippen LogP contribution in [0.1, 0.15) is 0 Å². The lowest BCUT2D eigenvalue weighted by atomic mass is 10.3. The molecule has 1 aromatic carbocycles. The molecule has 0 aliphatic heterocycles. The maximum atomic E-state index is 10.6. The van der Waals surface area contributed by atoms with Gasteiger partial charge in [0.15, 0.2) is 0 Å². The quantitative estimate of drug-likeness (QED) is 0.145. The zero-order valence-electron chi connectivity index (χ0n) is 15.9. The van der Waals surface area contributed by atoms with Gasteiger partial charge in [0, 0.05) is 18.0 Å². The average Bonchev–Trinajstić information content (AvgIpc) is 2.70. The lowest BCUT2D eigenvalue weighted by Gasteiger charge is -2.08. The van der Waals surface area contributed by atoms with Crippen LogP contribution in [0.5, 0.6) is 5.75 Å². The standard InChI is InChI=1S/C18H28ClNO8/c19-5-6-23-7-8-24-9-10-25-11-12-26-13-14-27-15-16-28-18-3-1-17(2-4-18)20(21)22/h1-4H,5-16H2. The van der Waals surface area contributed by atoms with E-state index in [1.807, 2.05) is 0 Å². The summed E-state index contributed by atoms with van der Waals surface area (Å²) in [6.45, 7) is 5.30. The second kappa shape index (κ2) is 17.6. The fourth-order valence-electron chi connectivity index (χ4n) is 1.92. The number of nitrogens with zero attached hydrogens (tertiary/aromatic N) is 1. The lowest BCUT2D eigenvalue weighted by Crippen LogP contribution is -2.14. The topological polar surface area (TPSA) is 98.5 Å². The summed E-state index contributed by atoms with van der Waals surface area (Å²) >= 11 is 5.47. The second-order valence-electron chi connectivity index (χ2n) is 5.35. The van der Waals surface area contributed by atoms with Crippen LogP contribution in [-0.2, 0) is 23.7 Å². The van der Waals surface area contributed by atoms with Crippen molar-refractivity contribution >= 4 is 17.3 Å². The van der Waals surface area contributed by atoms with Crippen LogP contribution in [-0.4, -0.2) is 83.5 Å². The summed E-state index contributed by atoms with van der Waals surface area (Å²) in [6, 6.07) is 5.91. The van der Waals surface area contributed by atoms with Crippen LogP contribution < -0.4 is 4.74 Å². The van der Waals surface area contributed by atoms with Crippen LogP contribution >= 0.6 is 11.6 Å². The van der Waals surface area contributed by atoms with E-state index in [1.165, 1.54) is 12.1 Å². The first-order valence-electron chi connectivity index (χ1n) is 9.06. The fraction of sp³-hybridized carbons (Fsp3) is 0.667. The summed E-state index contributed by atoms with van der Waals surface area (Å²) in [4.78, 5) is 10.1. The number of alkyl halides is 1. The molecule has 0 fully saturated rings. The van der Waals surface area contributed by atoms with E-state index in [0.717, 1.165) is 0 Å². The molecule has 0 spiro atoms. The molecule has 0 saturated carbocycles. The molecule has 0 N–H and O–H groups in total. The van der Waals surface area contributed by atoms with E-state index in [9.17, 15) is 10.1 Å². The third kappa shape index (κ3) is 13.6. The number of benzene rings is 1. The molecule has 10 heteroatoms. The Bertz CT molecular complexity index is 503. The van der Waals surface area contributed by atoms with Crippen LogP contribution in [0.4, 0.5) is 5.69 Å². The van der Waals surface area contributed by atoms with Crippen molar-refractivity contribution < 1.29 is 33.3 Å². The molecular formula is C18H28ClNO8. The van der Waals surface area contributed by atoms with Gasteiger partial charge in [-0.1, -0.05) is 0 Å². The first-order valence-corrected chi connectivity index (χ1v) is 9.59. The maximum Gasteiger partial charge on any atom is 0.269 e. The van der Waals surface area contributed by atoms with Crippen LogP contribution in [0, 0.1) is 10.1 Å². The van der Waals surface area contributed by atoms with E-state index < -0.39 is 4.92 Å². The molecule has 0 aliphatic carbocycles. The van der Waals surface area contributed by atoms with Crippen molar-refractivity contribution in [2.75, 3.05) is 78.6 Å². The molecule has 0 amide bonds. The minimum atomic E-state index is -0.451. The summed E-state index contributed by atoms with van der Waals surface area (Å²) in [5.41, 5.74) is 0.0324. The van der Waals surface area contributed by atoms with Crippen LogP contribution in [0.2, 0.25) is 0 Å². The predicted octanol–water partition coefficient (Wildman–Crippen LogP) is 2.30. The Kier molecular flexibility index (Phi) is 15.4. The van der Waals surface area contributed by atoms with E-state index in [0.29, 0.717) is 84.3 Å². The molecule has 9 nitrogen and oxygen atoms in total. The average molecular weight is 422 g/mol. The van der Waals surface area contributed by atoms with E-state index in [1.54, 1.807) is 12.1 Å². The highest BCUT2D eigenvalue weighted by Crippen LogP contribution is 2.16. The van der Waals surface area contributed by atoms with Gasteiger partial charge in [0.05, 0.1) is 71.0 Å². The van der Waals surface area contributed by atoms with Gasteiger partial charge in [-0.05, 0) is 12.1 Å². The van der Waals surface area contributed by atoms with Gasteiger partial charge >= 0.3 is 0 Å². The summed E-state index contributed by atoms with van der Waals surface area (Å²) in [5, 5.41) is 10.6. The van der Waals surface area contributed by atoms with Gasteiger partial charge in [0.2, 0.25) is 0 Å². The van der Waals surface area contributed by atoms with Gasteiger partial charge in [0.1, 0.15) is 12.4 Å². The van der Waals surface area contributed by atoms with Crippen molar-refractivity contribution in [2.45, 2.75) is 0 Å². The molecular weight excluding hydrogens is 394 g/mol. The van der Waals surface area contributed by atoms with Gasteiger partial charge in [-0.15, -0.1) is 11.6 Å². The van der Waals surface area contributed by atoms with Crippen LogP contribution in [0.15, 0.2) is 24.3 Å². The number of ether oxygens (including phenoxy) is 6. The molecule has 0 aliphatic rings. The summed E-state index contributed by atoms with van der Waals surface area (Å²) in [7, 11) is 0. The van der Waals surface area contributed by atoms with E-state index in [4.69, 9.17) is 40.0 Å². The van der Waals surface area contributed by atoms with E-state index in [2.05, 4.69) is 0 Å². The number of hydrogen-bond donors (Lipinski definition) is 0. The second-order valence-corrected chi connectivity index (χ2v) is 5.73. The molecule has 0 radical (unpaired) electrons. The molecule has 0 unspecified atom stereocenters. The van der Waals surface area contributed by atoms with Gasteiger partial charge in [0.25, 0.3) is 5.69 Å². The van der Waals surface area contributed by atoms with Crippen LogP contribution in [0.3, 0.4) is 0 Å². The van der Waals surface area contributed by atoms with Crippen molar-refractivity contribution in [1.82, 2.24) is 0 Å². The van der Waals surface area contributed by atoms with Crippen LogP contribution in [0.25, 0.3) is 0 Å². The molecule has 160 valence electrons. The van der Waals surface area contributed by atoms with Gasteiger partial charge in [-0.25, -0.2) is 0 Å². The molecule has 0 aromatic heterocycles. The minimum absolute atomic E-state index is 0.0324. The normalized spacial score (nSPS) is 10.9.